The quantitative estimate of drug-likeness (QED) is 0.155. The van der Waals surface area contributed by atoms with Gasteiger partial charge in [0.15, 0.2) is 0 Å². The second-order valence-electron chi connectivity index (χ2n) is 8.47. The third-order valence-corrected chi connectivity index (χ3v) is 8.72. The molecule has 0 fully saturated rings. The van der Waals surface area contributed by atoms with E-state index in [0.29, 0.717) is 11.1 Å². The Bertz CT molecular complexity index is 1800. The molecule has 1 aliphatic rings. The van der Waals surface area contributed by atoms with Crippen molar-refractivity contribution < 1.29 is 9.59 Å². The van der Waals surface area contributed by atoms with E-state index in [4.69, 9.17) is 0 Å². The van der Waals surface area contributed by atoms with Gasteiger partial charge < -0.3 is 0 Å². The number of fused-ring (bicyclic) bond motifs is 6. The van der Waals surface area contributed by atoms with Crippen LogP contribution in [0.1, 0.15) is 25.2 Å². The zero-order valence-electron chi connectivity index (χ0n) is 18.0. The molecule has 0 bridgehead atoms. The predicted molar refractivity (Wildman–Crippen MR) is 138 cm³/mol. The third kappa shape index (κ3) is 2.70. The van der Waals surface area contributed by atoms with E-state index in [1.165, 1.54) is 26.4 Å². The molecule has 7 rings (SSSR count). The molecule has 0 N–H and O–H groups in total. The molecule has 4 aromatic carbocycles. The van der Waals surface area contributed by atoms with Crippen LogP contribution < -0.4 is 0 Å². The third-order valence-electron chi connectivity index (χ3n) is 6.59. The molecule has 0 atom stereocenters. The summed E-state index contributed by atoms with van der Waals surface area (Å²) >= 11 is -0.0328. The van der Waals surface area contributed by atoms with Gasteiger partial charge in [-0.3, -0.25) is 0 Å². The zero-order valence-corrected chi connectivity index (χ0v) is 19.7. The van der Waals surface area contributed by atoms with Gasteiger partial charge in [-0.15, -0.1) is 0 Å². The van der Waals surface area contributed by atoms with Crippen molar-refractivity contribution in [3.63, 3.8) is 0 Å². The molecule has 2 heterocycles. The summed E-state index contributed by atoms with van der Waals surface area (Å²) < 4.78 is 4.53. The number of benzene rings is 4. The maximum atomic E-state index is 13.3. The Hall–Kier alpha value is -3.98. The van der Waals surface area contributed by atoms with E-state index < -0.39 is 0 Å². The molecule has 4 heteroatoms. The number of rotatable bonds is 2. The molecule has 0 unspecified atom stereocenters. The van der Waals surface area contributed by atoms with E-state index in [2.05, 4.69) is 59.2 Å². The zero-order chi connectivity index (χ0) is 22.8. The fourth-order valence-corrected chi connectivity index (χ4v) is 7.11. The number of aromatic nitrogens is 1. The van der Waals surface area contributed by atoms with Gasteiger partial charge in [-0.25, -0.2) is 0 Å². The molecule has 160 valence electrons. The van der Waals surface area contributed by atoms with Crippen molar-refractivity contribution in [2.24, 2.45) is 0 Å². The van der Waals surface area contributed by atoms with Gasteiger partial charge in [0.1, 0.15) is 0 Å². The molecule has 0 spiro atoms. The van der Waals surface area contributed by atoms with Crippen LogP contribution in [0.3, 0.4) is 0 Å². The van der Waals surface area contributed by atoms with Gasteiger partial charge in [-0.1, -0.05) is 0 Å². The molecular weight excluding hydrogens is 485 g/mol. The van der Waals surface area contributed by atoms with E-state index in [1.807, 2.05) is 42.5 Å². The second-order valence-corrected chi connectivity index (χ2v) is 10.8. The summed E-state index contributed by atoms with van der Waals surface area (Å²) in [4.78, 5) is 26.5. The summed E-state index contributed by atoms with van der Waals surface area (Å²) in [6.45, 7) is 0. The summed E-state index contributed by atoms with van der Waals surface area (Å²) in [5, 5.41) is 4.27. The van der Waals surface area contributed by atoms with Crippen molar-refractivity contribution in [3.05, 3.63) is 118 Å². The van der Waals surface area contributed by atoms with Crippen LogP contribution in [-0.2, 0) is 0 Å². The number of allylic oxidation sites excluding steroid dienone is 1. The minimum atomic E-state index is -0.173. The summed E-state index contributed by atoms with van der Waals surface area (Å²) in [6, 6.07) is 32.5. The minimum absolute atomic E-state index is 0.0328. The van der Waals surface area contributed by atoms with Crippen LogP contribution in [0.5, 0.6) is 0 Å². The SMILES string of the molecule is O=C1/C(=C\c2ccc(-n3c4ccccc4c4ccccc43)[se]2)C(=O)c2c1ccc1ccccc21. The maximum absolute atomic E-state index is 13.3. The Morgan fingerprint density at radius 2 is 1.26 bits per heavy atom. The molecule has 34 heavy (non-hydrogen) atoms. The van der Waals surface area contributed by atoms with E-state index >= 15 is 0 Å². The molecule has 6 aromatic rings. The van der Waals surface area contributed by atoms with Gasteiger partial charge in [-0.2, -0.15) is 0 Å². The molecule has 1 aliphatic carbocycles. The first-order valence-corrected chi connectivity index (χ1v) is 12.8. The predicted octanol–water partition coefficient (Wildman–Crippen LogP) is 6.46. The Morgan fingerprint density at radius 3 is 2.00 bits per heavy atom. The number of hydrogen-bond donors (Lipinski definition) is 0. The number of carbonyl (C=O) groups excluding carboxylic acids is 2. The number of ketones is 2. The van der Waals surface area contributed by atoms with Crippen molar-refractivity contribution in [1.82, 2.24) is 4.57 Å². The van der Waals surface area contributed by atoms with Crippen molar-refractivity contribution in [2.75, 3.05) is 0 Å². The Kier molecular flexibility index (Phi) is 4.16. The summed E-state index contributed by atoms with van der Waals surface area (Å²) in [6.07, 6.45) is 1.82. The van der Waals surface area contributed by atoms with Gasteiger partial charge in [-0.05, 0) is 0 Å². The van der Waals surface area contributed by atoms with E-state index in [9.17, 15) is 9.59 Å². The normalized spacial score (nSPS) is 14.6. The molecule has 0 radical (unpaired) electrons. The van der Waals surface area contributed by atoms with Gasteiger partial charge >= 0.3 is 202 Å². The van der Waals surface area contributed by atoms with Gasteiger partial charge in [0.25, 0.3) is 0 Å². The van der Waals surface area contributed by atoms with Crippen molar-refractivity contribution in [2.45, 2.75) is 0 Å². The average Bonchev–Trinajstić information content (AvgIpc) is 3.54. The first-order valence-electron chi connectivity index (χ1n) is 11.1. The topological polar surface area (TPSA) is 39.1 Å². The fraction of sp³-hybridized carbons (Fsp3) is 0. The van der Waals surface area contributed by atoms with Crippen molar-refractivity contribution in [1.29, 1.82) is 0 Å². The Balaban J connectivity index is 1.36. The Morgan fingerprint density at radius 1 is 0.618 bits per heavy atom. The molecule has 0 aliphatic heterocycles. The first-order chi connectivity index (χ1) is 16.7. The van der Waals surface area contributed by atoms with Crippen molar-refractivity contribution >= 4 is 64.7 Å². The molecular formula is C30H17NO2Se. The van der Waals surface area contributed by atoms with Gasteiger partial charge in [0.05, 0.1) is 0 Å². The van der Waals surface area contributed by atoms with Crippen LogP contribution in [0.2, 0.25) is 0 Å². The van der Waals surface area contributed by atoms with Crippen LogP contribution in [0, 0.1) is 0 Å². The van der Waals surface area contributed by atoms with Crippen LogP contribution in [0.25, 0.3) is 43.2 Å². The van der Waals surface area contributed by atoms with E-state index in [1.54, 1.807) is 6.07 Å². The fourth-order valence-electron chi connectivity index (χ4n) is 5.06. The number of hydrogen-bond acceptors (Lipinski definition) is 2. The number of para-hydroxylation sites is 2. The Labute approximate surface area is 201 Å². The summed E-state index contributed by atoms with van der Waals surface area (Å²) in [5.74, 6) is -0.341. The molecule has 3 nitrogen and oxygen atoms in total. The first kappa shape index (κ1) is 19.5. The second kappa shape index (κ2) is 7.26. The van der Waals surface area contributed by atoms with Crippen molar-refractivity contribution in [3.8, 4) is 4.56 Å². The molecule has 0 saturated heterocycles. The summed E-state index contributed by atoms with van der Waals surface area (Å²) in [5.41, 5.74) is 3.67. The van der Waals surface area contributed by atoms with E-state index in [-0.39, 0.29) is 31.6 Å². The average molecular weight is 502 g/mol. The number of nitrogens with zero attached hydrogens (tertiary/aromatic N) is 1. The number of Topliss-reactive ketones (excluding diaryl/α,β-unsaturated/α-hetero) is 2. The standard InChI is InChI=1S/C30H17NO2Se/c32-29-23-15-13-18-7-1-2-8-20(18)28(23)30(33)24(29)17-19-14-16-27(34-19)31-25-11-5-3-9-21(25)22-10-4-6-12-26(22)31/h1-17H/b24-17+. The van der Waals surface area contributed by atoms with Crippen LogP contribution in [0.15, 0.2) is 103 Å². The van der Waals surface area contributed by atoms with Gasteiger partial charge in [0, 0.05) is 0 Å². The summed E-state index contributed by atoms with van der Waals surface area (Å²) in [7, 11) is 0. The number of carbonyl (C=O) groups is 2. The van der Waals surface area contributed by atoms with Crippen LogP contribution in [0.4, 0.5) is 0 Å². The van der Waals surface area contributed by atoms with Crippen LogP contribution >= 0.6 is 0 Å². The molecule has 0 saturated carbocycles. The van der Waals surface area contributed by atoms with E-state index in [0.717, 1.165) is 15.2 Å². The molecule has 0 amide bonds. The molecule has 2 aromatic heterocycles. The van der Waals surface area contributed by atoms with Crippen LogP contribution in [-0.4, -0.2) is 30.6 Å². The van der Waals surface area contributed by atoms with Gasteiger partial charge in [0.2, 0.25) is 0 Å². The monoisotopic (exact) mass is 503 g/mol.